The Hall–Kier alpha value is -2.18. The quantitative estimate of drug-likeness (QED) is 0.407. The molecule has 30 heavy (non-hydrogen) atoms. The Morgan fingerprint density at radius 1 is 1.07 bits per heavy atom. The lowest BCUT2D eigenvalue weighted by Gasteiger charge is -2.29. The highest BCUT2D eigenvalue weighted by molar-refractivity contribution is 8.04. The number of thioether (sulfide) groups is 2. The largest absolute Gasteiger partial charge is 0.355 e. The number of nitrogens with one attached hydrogen (secondary N) is 1. The van der Waals surface area contributed by atoms with Crippen molar-refractivity contribution in [3.05, 3.63) is 65.1 Å². The predicted molar refractivity (Wildman–Crippen MR) is 129 cm³/mol. The molecule has 0 saturated heterocycles. The van der Waals surface area contributed by atoms with Crippen molar-refractivity contribution in [3.63, 3.8) is 0 Å². The molecule has 2 aromatic carbocycles. The first-order valence-corrected chi connectivity index (χ1v) is 12.4. The van der Waals surface area contributed by atoms with E-state index in [-0.39, 0.29) is 18.4 Å². The Labute approximate surface area is 187 Å². The standard InChI is InChI=1S/C24H28N2O2S2/c1-2-3-15-29-16-9-14-25-23(27)18-26-20-12-7-8-13-21(20)30-22(24(26)28)17-19-10-5-4-6-11-19/h4-8,10-13,17H,2-3,9,14-16,18H2,1H3,(H,25,27). The van der Waals surface area contributed by atoms with Crippen LogP contribution in [0.25, 0.3) is 6.08 Å². The molecule has 6 heteroatoms. The van der Waals surface area contributed by atoms with Gasteiger partial charge in [0, 0.05) is 11.4 Å². The maximum atomic E-state index is 13.2. The van der Waals surface area contributed by atoms with Gasteiger partial charge in [-0.05, 0) is 48.1 Å². The van der Waals surface area contributed by atoms with E-state index in [1.807, 2.05) is 72.4 Å². The zero-order chi connectivity index (χ0) is 21.2. The van der Waals surface area contributed by atoms with E-state index in [1.54, 1.807) is 4.90 Å². The Kier molecular flexibility index (Phi) is 8.90. The molecule has 3 rings (SSSR count). The summed E-state index contributed by atoms with van der Waals surface area (Å²) in [4.78, 5) is 28.9. The molecule has 158 valence electrons. The maximum absolute atomic E-state index is 13.2. The number of hydrogen-bond acceptors (Lipinski definition) is 4. The summed E-state index contributed by atoms with van der Waals surface area (Å²) in [5.74, 6) is 1.97. The van der Waals surface area contributed by atoms with Gasteiger partial charge >= 0.3 is 0 Å². The number of para-hydroxylation sites is 1. The van der Waals surface area contributed by atoms with E-state index in [0.717, 1.165) is 28.3 Å². The number of hydrogen-bond donors (Lipinski definition) is 1. The summed E-state index contributed by atoms with van der Waals surface area (Å²) < 4.78 is 0. The minimum Gasteiger partial charge on any atom is -0.355 e. The van der Waals surface area contributed by atoms with Gasteiger partial charge in [0.1, 0.15) is 6.54 Å². The molecule has 1 N–H and O–H groups in total. The zero-order valence-electron chi connectivity index (χ0n) is 17.3. The van der Waals surface area contributed by atoms with Crippen LogP contribution in [-0.4, -0.2) is 36.4 Å². The number of fused-ring (bicyclic) bond motifs is 1. The molecule has 0 atom stereocenters. The predicted octanol–water partition coefficient (Wildman–Crippen LogP) is 5.21. The summed E-state index contributed by atoms with van der Waals surface area (Å²) in [6.07, 6.45) is 5.29. The van der Waals surface area contributed by atoms with Gasteiger partial charge in [-0.15, -0.1) is 0 Å². The van der Waals surface area contributed by atoms with E-state index in [1.165, 1.54) is 30.4 Å². The number of carbonyl (C=O) groups excluding carboxylic acids is 2. The summed E-state index contributed by atoms with van der Waals surface area (Å²) in [7, 11) is 0. The topological polar surface area (TPSA) is 49.4 Å². The first-order valence-electron chi connectivity index (χ1n) is 10.4. The van der Waals surface area contributed by atoms with E-state index >= 15 is 0 Å². The summed E-state index contributed by atoms with van der Waals surface area (Å²) in [5.41, 5.74) is 1.76. The van der Waals surface area contributed by atoms with Crippen molar-refractivity contribution in [3.8, 4) is 0 Å². The van der Waals surface area contributed by atoms with E-state index < -0.39 is 0 Å². The van der Waals surface area contributed by atoms with Crippen LogP contribution in [0.2, 0.25) is 0 Å². The molecule has 0 bridgehead atoms. The molecule has 0 spiro atoms. The summed E-state index contributed by atoms with van der Waals surface area (Å²) in [5, 5.41) is 2.96. The van der Waals surface area contributed by atoms with Crippen LogP contribution in [0.15, 0.2) is 64.4 Å². The fourth-order valence-corrected chi connectivity index (χ4v) is 5.17. The fraction of sp³-hybridized carbons (Fsp3) is 0.333. The molecule has 1 aliphatic rings. The Bertz CT molecular complexity index is 884. The first-order chi connectivity index (χ1) is 14.7. The molecule has 0 fully saturated rings. The maximum Gasteiger partial charge on any atom is 0.265 e. The number of unbranched alkanes of at least 4 members (excludes halogenated alkanes) is 1. The smallest absolute Gasteiger partial charge is 0.265 e. The molecule has 4 nitrogen and oxygen atoms in total. The minimum absolute atomic E-state index is 0.0332. The molecular formula is C24H28N2O2S2. The normalized spacial score (nSPS) is 14.6. The second-order valence-electron chi connectivity index (χ2n) is 7.05. The van der Waals surface area contributed by atoms with E-state index in [0.29, 0.717) is 11.4 Å². The Morgan fingerprint density at radius 2 is 1.80 bits per heavy atom. The highest BCUT2D eigenvalue weighted by Crippen LogP contribution is 2.41. The van der Waals surface area contributed by atoms with E-state index in [9.17, 15) is 9.59 Å². The van der Waals surface area contributed by atoms with Gasteiger partial charge in [-0.1, -0.05) is 67.6 Å². The molecule has 0 aliphatic carbocycles. The van der Waals surface area contributed by atoms with Crippen LogP contribution >= 0.6 is 23.5 Å². The average molecular weight is 441 g/mol. The molecular weight excluding hydrogens is 412 g/mol. The summed E-state index contributed by atoms with van der Waals surface area (Å²) >= 11 is 3.39. The van der Waals surface area contributed by atoms with E-state index in [2.05, 4.69) is 12.2 Å². The molecule has 0 unspecified atom stereocenters. The third-order valence-corrected chi connectivity index (χ3v) is 6.89. The SMILES string of the molecule is CCCCSCCCNC(=O)CN1C(=O)C(=Cc2ccccc2)Sc2ccccc21. The Balaban J connectivity index is 1.63. The number of benzene rings is 2. The number of nitrogens with zero attached hydrogens (tertiary/aromatic N) is 1. The second kappa shape index (κ2) is 11.9. The van der Waals surface area contributed by atoms with Crippen LogP contribution in [0, 0.1) is 0 Å². The number of amides is 2. The van der Waals surface area contributed by atoms with Crippen molar-refractivity contribution in [1.29, 1.82) is 0 Å². The van der Waals surface area contributed by atoms with Crippen LogP contribution in [0.4, 0.5) is 5.69 Å². The van der Waals surface area contributed by atoms with Gasteiger partial charge < -0.3 is 5.32 Å². The fourth-order valence-electron chi connectivity index (χ4n) is 3.07. The number of carbonyl (C=O) groups is 2. The van der Waals surface area contributed by atoms with Gasteiger partial charge in [0.15, 0.2) is 0 Å². The van der Waals surface area contributed by atoms with Crippen LogP contribution in [0.3, 0.4) is 0 Å². The molecule has 2 aromatic rings. The summed E-state index contributed by atoms with van der Waals surface area (Å²) in [6.45, 7) is 2.87. The molecule has 0 aromatic heterocycles. The van der Waals surface area contributed by atoms with Crippen LogP contribution in [0.1, 0.15) is 31.7 Å². The van der Waals surface area contributed by atoms with Crippen LogP contribution in [0.5, 0.6) is 0 Å². The third-order valence-electron chi connectivity index (χ3n) is 4.66. The van der Waals surface area contributed by atoms with Gasteiger partial charge in [-0.3, -0.25) is 14.5 Å². The second-order valence-corrected chi connectivity index (χ2v) is 9.36. The van der Waals surface area contributed by atoms with Crippen molar-refractivity contribution in [2.75, 3.05) is 29.5 Å². The monoisotopic (exact) mass is 440 g/mol. The molecule has 2 amide bonds. The highest BCUT2D eigenvalue weighted by Gasteiger charge is 2.30. The van der Waals surface area contributed by atoms with Crippen molar-refractivity contribution in [1.82, 2.24) is 5.32 Å². The molecule has 1 aliphatic heterocycles. The van der Waals surface area contributed by atoms with Gasteiger partial charge in [-0.25, -0.2) is 0 Å². The van der Waals surface area contributed by atoms with E-state index in [4.69, 9.17) is 0 Å². The van der Waals surface area contributed by atoms with Gasteiger partial charge in [0.25, 0.3) is 5.91 Å². The molecule has 0 radical (unpaired) electrons. The van der Waals surface area contributed by atoms with Crippen molar-refractivity contribution in [2.24, 2.45) is 0 Å². The number of rotatable bonds is 10. The van der Waals surface area contributed by atoms with Crippen molar-refractivity contribution < 1.29 is 9.59 Å². The minimum atomic E-state index is -0.132. The van der Waals surface area contributed by atoms with Crippen LogP contribution in [-0.2, 0) is 9.59 Å². The van der Waals surface area contributed by atoms with Gasteiger partial charge in [0.05, 0.1) is 10.6 Å². The lowest BCUT2D eigenvalue weighted by molar-refractivity contribution is -0.122. The third kappa shape index (κ3) is 6.41. The first kappa shape index (κ1) is 22.5. The Morgan fingerprint density at radius 3 is 2.60 bits per heavy atom. The van der Waals surface area contributed by atoms with Gasteiger partial charge in [-0.2, -0.15) is 11.8 Å². The van der Waals surface area contributed by atoms with Crippen molar-refractivity contribution >= 4 is 47.1 Å². The highest BCUT2D eigenvalue weighted by atomic mass is 32.2. The number of anilines is 1. The zero-order valence-corrected chi connectivity index (χ0v) is 18.9. The lowest BCUT2D eigenvalue weighted by atomic mass is 10.2. The molecule has 0 saturated carbocycles. The lowest BCUT2D eigenvalue weighted by Crippen LogP contribution is -2.43. The average Bonchev–Trinajstić information content (AvgIpc) is 2.76. The van der Waals surface area contributed by atoms with Gasteiger partial charge in [0.2, 0.25) is 5.91 Å². The van der Waals surface area contributed by atoms with Crippen molar-refractivity contribution in [2.45, 2.75) is 31.1 Å². The van der Waals surface area contributed by atoms with Crippen LogP contribution < -0.4 is 10.2 Å². The summed E-state index contributed by atoms with van der Waals surface area (Å²) in [6, 6.07) is 17.5. The molecule has 1 heterocycles.